The molecule has 0 saturated heterocycles. The van der Waals surface area contributed by atoms with Crippen molar-refractivity contribution in [2.75, 3.05) is 12.8 Å². The monoisotopic (exact) mass is 585 g/mol. The fraction of sp³-hybridized carbons (Fsp3) is 0.0588. The van der Waals surface area contributed by atoms with Crippen LogP contribution in [0.3, 0.4) is 0 Å². The normalized spacial score (nSPS) is 11.3. The number of hydrogen-bond acceptors (Lipinski definition) is 8. The van der Waals surface area contributed by atoms with E-state index in [9.17, 15) is 9.90 Å². The zero-order chi connectivity index (χ0) is 29.7. The summed E-state index contributed by atoms with van der Waals surface area (Å²) in [4.78, 5) is 19.9. The first-order valence-corrected chi connectivity index (χ1v) is 14.3. The lowest BCUT2D eigenvalue weighted by Crippen LogP contribution is -2.38. The maximum Gasteiger partial charge on any atom is 0.393 e. The van der Waals surface area contributed by atoms with Crippen LogP contribution in [0.15, 0.2) is 102 Å². The van der Waals surface area contributed by atoms with Crippen LogP contribution in [-0.4, -0.2) is 28.3 Å². The third kappa shape index (κ3) is 4.47. The standard InChI is InChI=1S/C34H24N4O4S/c1-19-10-14-22(15-11-19)38-30(34(40)42-37-38)31(39)32-29(35)28-26(21-12-16-23(41-2)17-13-21)18-27(36-33(28)43-32)25-9-5-7-20-6-3-4-8-24(20)25/h3-18H,1-2H3,(H2-,35,37,39,40)/p+1. The van der Waals surface area contributed by atoms with Gasteiger partial charge in [0.05, 0.1) is 18.5 Å². The lowest BCUT2D eigenvalue weighted by atomic mass is 9.96. The quantitative estimate of drug-likeness (QED) is 0.161. The van der Waals surface area contributed by atoms with Gasteiger partial charge in [0, 0.05) is 27.8 Å². The second kappa shape index (κ2) is 10.4. The molecule has 0 aliphatic heterocycles. The van der Waals surface area contributed by atoms with E-state index in [1.807, 2.05) is 73.7 Å². The second-order valence-electron chi connectivity index (χ2n) is 10.1. The molecule has 0 amide bonds. The van der Waals surface area contributed by atoms with E-state index in [0.717, 1.165) is 44.5 Å². The minimum Gasteiger partial charge on any atom is -0.497 e. The van der Waals surface area contributed by atoms with Crippen LogP contribution in [0.1, 0.15) is 20.9 Å². The van der Waals surface area contributed by atoms with Crippen molar-refractivity contribution in [2.45, 2.75) is 6.92 Å². The molecular weight excluding hydrogens is 560 g/mol. The lowest BCUT2D eigenvalue weighted by Gasteiger charge is -2.11. The Morgan fingerprint density at radius 1 is 0.953 bits per heavy atom. The SMILES string of the molecule is COc1ccc(-c2cc(-c3cccc4ccccc34)nc3sc(C(=O)c4c(O)on[n+]4-c4ccc(C)cc4)c(N)c23)cc1. The molecule has 0 fully saturated rings. The molecule has 43 heavy (non-hydrogen) atoms. The van der Waals surface area contributed by atoms with Crippen molar-refractivity contribution >= 4 is 43.8 Å². The lowest BCUT2D eigenvalue weighted by molar-refractivity contribution is -0.672. The summed E-state index contributed by atoms with van der Waals surface area (Å²) in [6.45, 7) is 1.96. The van der Waals surface area contributed by atoms with Gasteiger partial charge in [0.15, 0.2) is 0 Å². The topological polar surface area (TPSA) is 115 Å². The molecule has 0 bridgehead atoms. The number of fused-ring (bicyclic) bond motifs is 2. The first-order valence-electron chi connectivity index (χ1n) is 13.5. The molecule has 0 radical (unpaired) electrons. The van der Waals surface area contributed by atoms with E-state index in [2.05, 4.69) is 23.5 Å². The molecular formula is C34H25N4O4S+. The van der Waals surface area contributed by atoms with Crippen LogP contribution >= 0.6 is 11.3 Å². The van der Waals surface area contributed by atoms with Gasteiger partial charge in [0.2, 0.25) is 11.0 Å². The number of anilines is 1. The minimum atomic E-state index is -0.595. The predicted molar refractivity (Wildman–Crippen MR) is 167 cm³/mol. The number of carbonyl (C=O) groups excluding carboxylic acids is 1. The van der Waals surface area contributed by atoms with E-state index in [0.29, 0.717) is 15.9 Å². The van der Waals surface area contributed by atoms with Gasteiger partial charge in [-0.05, 0) is 47.0 Å². The molecule has 0 unspecified atom stereocenters. The largest absolute Gasteiger partial charge is 0.497 e. The minimum absolute atomic E-state index is 0.123. The van der Waals surface area contributed by atoms with Gasteiger partial charge in [-0.3, -0.25) is 9.32 Å². The summed E-state index contributed by atoms with van der Waals surface area (Å²) < 4.78 is 11.7. The van der Waals surface area contributed by atoms with Crippen molar-refractivity contribution in [1.82, 2.24) is 10.3 Å². The zero-order valence-corrected chi connectivity index (χ0v) is 24.1. The molecule has 0 spiro atoms. The van der Waals surface area contributed by atoms with Gasteiger partial charge >= 0.3 is 11.6 Å². The van der Waals surface area contributed by atoms with Crippen molar-refractivity contribution < 1.29 is 23.8 Å². The van der Waals surface area contributed by atoms with Crippen LogP contribution < -0.4 is 15.2 Å². The van der Waals surface area contributed by atoms with Gasteiger partial charge in [-0.2, -0.15) is 0 Å². The number of benzene rings is 4. The number of rotatable bonds is 6. The molecule has 8 nitrogen and oxygen atoms in total. The third-order valence-electron chi connectivity index (χ3n) is 7.49. The summed E-state index contributed by atoms with van der Waals surface area (Å²) in [5.74, 6) is -0.393. The Morgan fingerprint density at radius 2 is 1.70 bits per heavy atom. The van der Waals surface area contributed by atoms with Crippen LogP contribution in [0.25, 0.3) is 49.1 Å². The number of aromatic hydroxyl groups is 1. The Labute approximate surface area is 250 Å². The van der Waals surface area contributed by atoms with E-state index < -0.39 is 11.7 Å². The van der Waals surface area contributed by atoms with Gasteiger partial charge in [-0.25, -0.2) is 4.98 Å². The molecule has 0 aliphatic carbocycles. The molecule has 7 rings (SSSR count). The zero-order valence-electron chi connectivity index (χ0n) is 23.2. The molecule has 210 valence electrons. The number of aromatic nitrogens is 3. The molecule has 9 heteroatoms. The molecule has 0 aliphatic rings. The Kier molecular flexibility index (Phi) is 6.36. The highest BCUT2D eigenvalue weighted by Gasteiger charge is 2.37. The Balaban J connectivity index is 1.45. The van der Waals surface area contributed by atoms with Crippen LogP contribution in [0, 0.1) is 6.92 Å². The maximum absolute atomic E-state index is 14.0. The molecule has 4 aromatic carbocycles. The van der Waals surface area contributed by atoms with Crippen LogP contribution in [0.5, 0.6) is 11.7 Å². The van der Waals surface area contributed by atoms with Crippen LogP contribution in [0.4, 0.5) is 5.69 Å². The average Bonchev–Trinajstić information content (AvgIpc) is 3.59. The van der Waals surface area contributed by atoms with Gasteiger partial charge < -0.3 is 15.6 Å². The Morgan fingerprint density at radius 3 is 2.47 bits per heavy atom. The number of pyridine rings is 1. The number of nitrogens with two attached hydrogens (primary N) is 1. The van der Waals surface area contributed by atoms with Gasteiger partial charge in [0.1, 0.15) is 15.5 Å². The summed E-state index contributed by atoms with van der Waals surface area (Å²) >= 11 is 1.17. The van der Waals surface area contributed by atoms with Crippen molar-refractivity contribution in [3.8, 4) is 39.8 Å². The molecule has 3 N–H and O–H groups in total. The fourth-order valence-corrected chi connectivity index (χ4v) is 6.35. The number of hydrogen-bond donors (Lipinski definition) is 2. The highest BCUT2D eigenvalue weighted by atomic mass is 32.1. The summed E-state index contributed by atoms with van der Waals surface area (Å²) in [6.07, 6.45) is 0. The smallest absolute Gasteiger partial charge is 0.393 e. The van der Waals surface area contributed by atoms with Crippen molar-refractivity contribution in [1.29, 1.82) is 0 Å². The summed E-state index contributed by atoms with van der Waals surface area (Å²) in [6, 6.07) is 31.3. The van der Waals surface area contributed by atoms with E-state index >= 15 is 0 Å². The number of ketones is 1. The first-order chi connectivity index (χ1) is 20.9. The number of nitrogens with zero attached hydrogens (tertiary/aromatic N) is 3. The van der Waals surface area contributed by atoms with E-state index in [1.165, 1.54) is 16.0 Å². The molecule has 3 heterocycles. The molecule has 3 aromatic heterocycles. The Hall–Kier alpha value is -5.54. The number of ether oxygens (including phenoxy) is 1. The number of methoxy groups -OCH3 is 1. The van der Waals surface area contributed by atoms with E-state index in [-0.39, 0.29) is 16.3 Å². The Bertz CT molecular complexity index is 2160. The summed E-state index contributed by atoms with van der Waals surface area (Å²) in [5, 5.41) is 17.3. The van der Waals surface area contributed by atoms with Crippen molar-refractivity contribution in [3.63, 3.8) is 0 Å². The summed E-state index contributed by atoms with van der Waals surface area (Å²) in [7, 11) is 1.62. The molecule has 0 atom stereocenters. The van der Waals surface area contributed by atoms with E-state index in [1.54, 1.807) is 19.2 Å². The number of carbonyl (C=O) groups is 1. The predicted octanol–water partition coefficient (Wildman–Crippen LogP) is 6.88. The second-order valence-corrected chi connectivity index (χ2v) is 11.1. The maximum atomic E-state index is 14.0. The number of nitrogen functional groups attached to an aromatic ring is 1. The summed E-state index contributed by atoms with van der Waals surface area (Å²) in [5.41, 5.74) is 11.9. The third-order valence-corrected chi connectivity index (χ3v) is 8.59. The molecule has 0 saturated carbocycles. The highest BCUT2D eigenvalue weighted by molar-refractivity contribution is 7.21. The van der Waals surface area contributed by atoms with E-state index in [4.69, 9.17) is 20.0 Å². The first kappa shape index (κ1) is 26.4. The van der Waals surface area contributed by atoms with Gasteiger partial charge in [-0.15, -0.1) is 11.3 Å². The average molecular weight is 586 g/mol. The number of aryl methyl sites for hydroxylation is 1. The molecule has 7 aromatic rings. The van der Waals surface area contributed by atoms with Gasteiger partial charge in [0.25, 0.3) is 5.78 Å². The highest BCUT2D eigenvalue weighted by Crippen LogP contribution is 2.43. The number of thiophene rings is 1. The van der Waals surface area contributed by atoms with Crippen molar-refractivity contribution in [2.24, 2.45) is 0 Å². The fourth-order valence-electron chi connectivity index (χ4n) is 5.29. The van der Waals surface area contributed by atoms with Crippen LogP contribution in [-0.2, 0) is 0 Å². The van der Waals surface area contributed by atoms with Crippen LogP contribution in [0.2, 0.25) is 0 Å². The van der Waals surface area contributed by atoms with Gasteiger partial charge in [-0.1, -0.05) is 72.3 Å². The van der Waals surface area contributed by atoms with Crippen molar-refractivity contribution in [3.05, 3.63) is 113 Å².